The third-order valence-electron chi connectivity index (χ3n) is 14.0. The number of hydrogen-bond acceptors (Lipinski definition) is 0. The van der Waals surface area contributed by atoms with Gasteiger partial charge in [-0.15, -0.1) is 0 Å². The smallest absolute Gasteiger partial charge is 0.0582 e. The molecule has 0 radical (unpaired) electrons. The van der Waals surface area contributed by atoms with Gasteiger partial charge >= 0.3 is 0 Å². The van der Waals surface area contributed by atoms with E-state index in [2.05, 4.69) is 162 Å². The van der Waals surface area contributed by atoms with Gasteiger partial charge in [0.1, 0.15) is 0 Å². The highest BCUT2D eigenvalue weighted by molar-refractivity contribution is 6.15. The third-order valence-corrected chi connectivity index (χ3v) is 14.0. The van der Waals surface area contributed by atoms with Gasteiger partial charge in [0.25, 0.3) is 0 Å². The summed E-state index contributed by atoms with van der Waals surface area (Å²) in [4.78, 5) is 0. The minimum Gasteiger partial charge on any atom is -0.308 e. The van der Waals surface area contributed by atoms with Crippen molar-refractivity contribution in [2.75, 3.05) is 0 Å². The van der Waals surface area contributed by atoms with E-state index in [4.69, 9.17) is 0 Å². The fourth-order valence-electron chi connectivity index (χ4n) is 11.3. The van der Waals surface area contributed by atoms with Crippen molar-refractivity contribution in [3.63, 3.8) is 0 Å². The molecule has 0 spiro atoms. The molecule has 0 amide bonds. The number of hydrogen-bond donors (Lipinski definition) is 0. The minimum atomic E-state index is -0.154. The van der Waals surface area contributed by atoms with Crippen LogP contribution in [0.5, 0.6) is 0 Å². The van der Waals surface area contributed by atoms with Gasteiger partial charge in [0.05, 0.1) is 33.4 Å². The molecule has 0 aliphatic carbocycles. The van der Waals surface area contributed by atoms with E-state index in [0.717, 1.165) is 0 Å². The van der Waals surface area contributed by atoms with Crippen LogP contribution in [0.1, 0.15) is 99.9 Å². The maximum absolute atomic E-state index is 2.64. The van der Waals surface area contributed by atoms with Gasteiger partial charge < -0.3 is 9.13 Å². The van der Waals surface area contributed by atoms with Gasteiger partial charge in [-0.25, -0.2) is 0 Å². The second kappa shape index (κ2) is 7.94. The summed E-state index contributed by atoms with van der Waals surface area (Å²) in [5.41, 5.74) is 21.8. The lowest BCUT2D eigenvalue weighted by Crippen LogP contribution is -2.34. The van der Waals surface area contributed by atoms with Crippen LogP contribution in [0.3, 0.4) is 0 Å². The second-order valence-electron chi connectivity index (χ2n) is 17.8. The van der Waals surface area contributed by atoms with Crippen LogP contribution in [0.2, 0.25) is 0 Å². The lowest BCUT2D eigenvalue weighted by molar-refractivity contribution is 0.592. The van der Waals surface area contributed by atoms with Crippen LogP contribution in [-0.2, 0) is 21.7 Å². The number of aromatic nitrogens is 2. The summed E-state index contributed by atoms with van der Waals surface area (Å²) in [6, 6.07) is 38.2. The highest BCUT2D eigenvalue weighted by atomic mass is 15.0. The maximum atomic E-state index is 2.64. The third kappa shape index (κ3) is 2.71. The summed E-state index contributed by atoms with van der Waals surface area (Å²) in [5, 5.41) is 5.49. The highest BCUT2D eigenvalue weighted by Crippen LogP contribution is 2.59. The molecule has 4 aliphatic rings. The molecule has 2 nitrogen and oxygen atoms in total. The van der Waals surface area contributed by atoms with Crippen molar-refractivity contribution in [2.24, 2.45) is 0 Å². The zero-order valence-electron chi connectivity index (χ0n) is 30.1. The molecular weight excluding hydrogens is 605 g/mol. The molecule has 0 saturated carbocycles. The molecular formula is C48H40N2. The Kier molecular flexibility index (Phi) is 4.40. The van der Waals surface area contributed by atoms with Gasteiger partial charge in [0.15, 0.2) is 0 Å². The van der Waals surface area contributed by atoms with Crippen LogP contribution in [0.25, 0.3) is 66.1 Å². The van der Waals surface area contributed by atoms with E-state index in [1.54, 1.807) is 0 Å². The van der Waals surface area contributed by atoms with Crippen molar-refractivity contribution in [3.05, 3.63) is 142 Å². The molecule has 8 aromatic rings. The average molecular weight is 645 g/mol. The van der Waals surface area contributed by atoms with Crippen LogP contribution in [0, 0.1) is 0 Å². The molecule has 0 saturated heterocycles. The molecule has 0 atom stereocenters. The first-order valence-corrected chi connectivity index (χ1v) is 18.4. The Hall–Kier alpha value is -5.08. The fraction of sp³-hybridized carbons (Fsp3) is 0.250. The lowest BCUT2D eigenvalue weighted by atomic mass is 9.66. The Bertz CT molecular complexity index is 2580. The predicted octanol–water partition coefficient (Wildman–Crippen LogP) is 12.1. The van der Waals surface area contributed by atoms with Crippen molar-refractivity contribution in [3.8, 4) is 22.5 Å². The summed E-state index contributed by atoms with van der Waals surface area (Å²) in [6.07, 6.45) is 0. The van der Waals surface area contributed by atoms with Gasteiger partial charge in [-0.05, 0) is 79.9 Å². The number of para-hydroxylation sites is 4. The number of nitrogens with zero attached hydrogens (tertiary/aromatic N) is 2. The van der Waals surface area contributed by atoms with Crippen LogP contribution in [0.15, 0.2) is 97.1 Å². The summed E-state index contributed by atoms with van der Waals surface area (Å²) in [5.74, 6) is 0. The first kappa shape index (κ1) is 27.7. The zero-order chi connectivity index (χ0) is 34.0. The Morgan fingerprint density at radius 2 is 0.560 bits per heavy atom. The normalized spacial score (nSPS) is 18.6. The molecule has 50 heavy (non-hydrogen) atoms. The standard InChI is InChI=1S/C48H40N2/c1-45(2)31-17-9-13-27-28-14-10-18-32-40(28)49(39(27)31)43-35(45)21-25(22-36(43)46(32,3)4)26-23-37-44-38(24-26)48(7,8)34-20-12-16-30-29-15-11-19-33(47(37,5)6)41(29)50(44)42(30)34/h9-24H,1-8H3. The van der Waals surface area contributed by atoms with Gasteiger partial charge in [0.2, 0.25) is 0 Å². The molecule has 12 rings (SSSR count). The van der Waals surface area contributed by atoms with Gasteiger partial charge in [0, 0.05) is 43.2 Å². The predicted molar refractivity (Wildman–Crippen MR) is 209 cm³/mol. The van der Waals surface area contributed by atoms with E-state index in [1.165, 1.54) is 111 Å². The van der Waals surface area contributed by atoms with Gasteiger partial charge in [-0.3, -0.25) is 0 Å². The Morgan fingerprint density at radius 3 is 0.800 bits per heavy atom. The van der Waals surface area contributed by atoms with E-state index < -0.39 is 0 Å². The number of rotatable bonds is 1. The first-order valence-electron chi connectivity index (χ1n) is 18.4. The van der Waals surface area contributed by atoms with Crippen LogP contribution >= 0.6 is 0 Å². The van der Waals surface area contributed by atoms with E-state index >= 15 is 0 Å². The average Bonchev–Trinajstić information content (AvgIpc) is 3.62. The molecule has 4 aliphatic heterocycles. The van der Waals surface area contributed by atoms with Gasteiger partial charge in [-0.2, -0.15) is 0 Å². The number of fused-ring (bicyclic) bond motifs is 2. The largest absolute Gasteiger partial charge is 0.308 e. The Balaban J connectivity index is 1.22. The molecule has 6 aromatic carbocycles. The summed E-state index contributed by atoms with van der Waals surface area (Å²) in [7, 11) is 0. The molecule has 0 unspecified atom stereocenters. The number of benzene rings is 6. The van der Waals surface area contributed by atoms with E-state index in [1.807, 2.05) is 0 Å². The molecule has 242 valence electrons. The molecule has 6 heterocycles. The molecule has 0 N–H and O–H groups in total. The molecule has 0 fully saturated rings. The quantitative estimate of drug-likeness (QED) is 0.168. The van der Waals surface area contributed by atoms with E-state index in [0.29, 0.717) is 0 Å². The van der Waals surface area contributed by atoms with Crippen molar-refractivity contribution in [2.45, 2.75) is 77.0 Å². The first-order chi connectivity index (χ1) is 23.8. The molecule has 2 heteroatoms. The van der Waals surface area contributed by atoms with Crippen molar-refractivity contribution in [1.82, 2.24) is 9.13 Å². The highest BCUT2D eigenvalue weighted by Gasteiger charge is 2.46. The summed E-state index contributed by atoms with van der Waals surface area (Å²) < 4.78 is 5.28. The van der Waals surface area contributed by atoms with Crippen molar-refractivity contribution < 1.29 is 0 Å². The minimum absolute atomic E-state index is 0.154. The van der Waals surface area contributed by atoms with Crippen LogP contribution < -0.4 is 0 Å². The maximum Gasteiger partial charge on any atom is 0.0582 e. The van der Waals surface area contributed by atoms with Gasteiger partial charge in [-0.1, -0.05) is 128 Å². The summed E-state index contributed by atoms with van der Waals surface area (Å²) in [6.45, 7) is 19.6. The van der Waals surface area contributed by atoms with Crippen LogP contribution in [-0.4, -0.2) is 9.13 Å². The van der Waals surface area contributed by atoms with Crippen molar-refractivity contribution in [1.29, 1.82) is 0 Å². The summed E-state index contributed by atoms with van der Waals surface area (Å²) >= 11 is 0. The monoisotopic (exact) mass is 644 g/mol. The Labute approximate surface area is 293 Å². The second-order valence-corrected chi connectivity index (χ2v) is 17.8. The Morgan fingerprint density at radius 1 is 0.320 bits per heavy atom. The fourth-order valence-corrected chi connectivity index (χ4v) is 11.3. The van der Waals surface area contributed by atoms with Crippen molar-refractivity contribution >= 4 is 43.6 Å². The topological polar surface area (TPSA) is 9.86 Å². The van der Waals surface area contributed by atoms with Crippen LogP contribution in [0.4, 0.5) is 0 Å². The molecule has 2 aromatic heterocycles. The van der Waals surface area contributed by atoms with E-state index in [9.17, 15) is 0 Å². The zero-order valence-corrected chi connectivity index (χ0v) is 30.1. The lowest BCUT2D eigenvalue weighted by Gasteiger charge is -2.43. The molecule has 0 bridgehead atoms. The van der Waals surface area contributed by atoms with E-state index in [-0.39, 0.29) is 21.7 Å². The SMILES string of the molecule is CC1(C)c2cc(-c3cc4c5c(c3)C(C)(C)c3cccc6c7cccc(c7n-5c36)C4(C)C)cc3c2-n2c4c1cccc4c1cccc(c12)C3(C)C.